The van der Waals surface area contributed by atoms with E-state index in [0.717, 1.165) is 6.26 Å². The SMILES string of the molecule is COCCOc1ccccc1C(=O)C(C)(C)S(C)(=O)=O. The van der Waals surface area contributed by atoms with Crippen LogP contribution in [0.15, 0.2) is 24.3 Å². The summed E-state index contributed by atoms with van der Waals surface area (Å²) in [7, 11) is -1.97. The number of hydrogen-bond acceptors (Lipinski definition) is 5. The van der Waals surface area contributed by atoms with Crippen LogP contribution in [0.2, 0.25) is 0 Å². The molecule has 0 fully saturated rings. The summed E-state index contributed by atoms with van der Waals surface area (Å²) in [4.78, 5) is 12.5. The van der Waals surface area contributed by atoms with Crippen LogP contribution in [0.5, 0.6) is 5.75 Å². The highest BCUT2D eigenvalue weighted by molar-refractivity contribution is 7.92. The van der Waals surface area contributed by atoms with Gasteiger partial charge in [-0.15, -0.1) is 0 Å². The molecule has 1 aromatic carbocycles. The summed E-state index contributed by atoms with van der Waals surface area (Å²) in [6, 6.07) is 6.61. The van der Waals surface area contributed by atoms with Gasteiger partial charge in [-0.05, 0) is 26.0 Å². The van der Waals surface area contributed by atoms with E-state index in [4.69, 9.17) is 9.47 Å². The van der Waals surface area contributed by atoms with Gasteiger partial charge in [-0.1, -0.05) is 12.1 Å². The number of sulfone groups is 1. The first-order valence-corrected chi connectivity index (χ1v) is 8.06. The van der Waals surface area contributed by atoms with Crippen LogP contribution in [0.1, 0.15) is 24.2 Å². The molecule has 0 aliphatic carbocycles. The Bertz CT molecular complexity index is 575. The fourth-order valence-corrected chi connectivity index (χ4v) is 1.95. The van der Waals surface area contributed by atoms with Gasteiger partial charge in [0.1, 0.15) is 17.1 Å². The molecule has 0 saturated heterocycles. The van der Waals surface area contributed by atoms with Crippen molar-refractivity contribution in [3.63, 3.8) is 0 Å². The Hall–Kier alpha value is -1.40. The Kier molecular flexibility index (Phi) is 5.30. The van der Waals surface area contributed by atoms with Crippen LogP contribution < -0.4 is 4.74 Å². The van der Waals surface area contributed by atoms with E-state index in [1.54, 1.807) is 31.4 Å². The number of ketones is 1. The topological polar surface area (TPSA) is 69.7 Å². The summed E-state index contributed by atoms with van der Waals surface area (Å²) in [6.45, 7) is 3.48. The van der Waals surface area contributed by atoms with Crippen molar-refractivity contribution in [2.24, 2.45) is 0 Å². The van der Waals surface area contributed by atoms with E-state index in [2.05, 4.69) is 0 Å². The molecular formula is C14H20O5S. The molecule has 1 rings (SSSR count). The second-order valence-electron chi connectivity index (χ2n) is 4.95. The molecule has 112 valence electrons. The smallest absolute Gasteiger partial charge is 0.187 e. The fourth-order valence-electron chi connectivity index (χ4n) is 1.51. The normalized spacial score (nSPS) is 12.2. The number of benzene rings is 1. The minimum absolute atomic E-state index is 0.263. The summed E-state index contributed by atoms with van der Waals surface area (Å²) in [5.41, 5.74) is 0.263. The average molecular weight is 300 g/mol. The van der Waals surface area contributed by atoms with Crippen LogP contribution >= 0.6 is 0 Å². The second kappa shape index (κ2) is 6.37. The minimum Gasteiger partial charge on any atom is -0.490 e. The largest absolute Gasteiger partial charge is 0.490 e. The molecule has 0 aliphatic rings. The minimum atomic E-state index is -3.52. The van der Waals surface area contributed by atoms with E-state index in [-0.39, 0.29) is 5.56 Å². The highest BCUT2D eigenvalue weighted by Crippen LogP contribution is 2.27. The molecule has 0 saturated carbocycles. The third-order valence-corrected chi connectivity index (χ3v) is 5.19. The van der Waals surface area contributed by atoms with Gasteiger partial charge >= 0.3 is 0 Å². The maximum absolute atomic E-state index is 12.5. The molecule has 0 unspecified atom stereocenters. The zero-order valence-corrected chi connectivity index (χ0v) is 13.0. The predicted octanol–water partition coefficient (Wildman–Crippen LogP) is 1.72. The molecule has 6 heteroatoms. The summed E-state index contributed by atoms with van der Waals surface area (Å²) >= 11 is 0. The number of para-hydroxylation sites is 1. The van der Waals surface area contributed by atoms with E-state index < -0.39 is 20.4 Å². The van der Waals surface area contributed by atoms with Crippen molar-refractivity contribution in [1.82, 2.24) is 0 Å². The molecule has 5 nitrogen and oxygen atoms in total. The Balaban J connectivity index is 3.11. The van der Waals surface area contributed by atoms with Gasteiger partial charge in [0.05, 0.1) is 12.2 Å². The van der Waals surface area contributed by atoms with E-state index in [0.29, 0.717) is 19.0 Å². The van der Waals surface area contributed by atoms with Crippen molar-refractivity contribution in [3.8, 4) is 5.75 Å². The lowest BCUT2D eigenvalue weighted by molar-refractivity contribution is 0.0946. The molecule has 0 atom stereocenters. The third-order valence-electron chi connectivity index (χ3n) is 3.15. The molecule has 0 heterocycles. The van der Waals surface area contributed by atoms with Crippen molar-refractivity contribution in [2.75, 3.05) is 26.6 Å². The van der Waals surface area contributed by atoms with Crippen molar-refractivity contribution < 1.29 is 22.7 Å². The van der Waals surface area contributed by atoms with Crippen molar-refractivity contribution >= 4 is 15.6 Å². The van der Waals surface area contributed by atoms with E-state index in [1.807, 2.05) is 0 Å². The van der Waals surface area contributed by atoms with Crippen LogP contribution in [0.25, 0.3) is 0 Å². The van der Waals surface area contributed by atoms with Crippen molar-refractivity contribution in [3.05, 3.63) is 29.8 Å². The van der Waals surface area contributed by atoms with Crippen molar-refractivity contribution in [1.29, 1.82) is 0 Å². The van der Waals surface area contributed by atoms with E-state index >= 15 is 0 Å². The van der Waals surface area contributed by atoms with Gasteiger partial charge in [0.2, 0.25) is 0 Å². The highest BCUT2D eigenvalue weighted by atomic mass is 32.2. The predicted molar refractivity (Wildman–Crippen MR) is 77.1 cm³/mol. The number of Topliss-reactive ketones (excluding diaryl/α,β-unsaturated/α-hetero) is 1. The standard InChI is InChI=1S/C14H20O5S/c1-14(2,20(4,16)17)13(15)11-7-5-6-8-12(11)19-10-9-18-3/h5-8H,9-10H2,1-4H3. The molecular weight excluding hydrogens is 280 g/mol. The van der Waals surface area contributed by atoms with Crippen LogP contribution in [-0.4, -0.2) is 45.5 Å². The first-order valence-electron chi connectivity index (χ1n) is 6.17. The molecule has 0 bridgehead atoms. The lowest BCUT2D eigenvalue weighted by Gasteiger charge is -2.22. The molecule has 0 spiro atoms. The van der Waals surface area contributed by atoms with Crippen LogP contribution in [0, 0.1) is 0 Å². The zero-order chi connectivity index (χ0) is 15.4. The monoisotopic (exact) mass is 300 g/mol. The first-order chi connectivity index (χ1) is 9.21. The Morgan fingerprint density at radius 3 is 2.35 bits per heavy atom. The van der Waals surface area contributed by atoms with Gasteiger partial charge in [0, 0.05) is 13.4 Å². The number of hydrogen-bond donors (Lipinski definition) is 0. The van der Waals surface area contributed by atoms with Gasteiger partial charge in [-0.3, -0.25) is 4.79 Å². The van der Waals surface area contributed by atoms with E-state index in [9.17, 15) is 13.2 Å². The third kappa shape index (κ3) is 3.58. The lowest BCUT2D eigenvalue weighted by Crippen LogP contribution is -2.40. The number of ether oxygens (including phenoxy) is 2. The summed E-state index contributed by atoms with van der Waals surface area (Å²) in [6.07, 6.45) is 1.05. The second-order valence-corrected chi connectivity index (χ2v) is 7.51. The summed E-state index contributed by atoms with van der Waals surface area (Å²) < 4.78 is 32.4. The van der Waals surface area contributed by atoms with Gasteiger partial charge in [-0.2, -0.15) is 0 Å². The highest BCUT2D eigenvalue weighted by Gasteiger charge is 2.39. The quantitative estimate of drug-likeness (QED) is 0.566. The number of carbonyl (C=O) groups excluding carboxylic acids is 1. The summed E-state index contributed by atoms with van der Waals surface area (Å²) in [5.74, 6) is -0.112. The molecule has 0 radical (unpaired) electrons. The lowest BCUT2D eigenvalue weighted by atomic mass is 9.99. The molecule has 0 aliphatic heterocycles. The first kappa shape index (κ1) is 16.7. The molecule has 0 amide bonds. The number of carbonyl (C=O) groups is 1. The summed E-state index contributed by atoms with van der Waals surface area (Å²) in [5, 5.41) is 0. The van der Waals surface area contributed by atoms with Gasteiger partial charge < -0.3 is 9.47 Å². The van der Waals surface area contributed by atoms with Crippen LogP contribution in [0.3, 0.4) is 0 Å². The number of rotatable bonds is 7. The Morgan fingerprint density at radius 1 is 1.20 bits per heavy atom. The molecule has 0 N–H and O–H groups in total. The molecule has 20 heavy (non-hydrogen) atoms. The van der Waals surface area contributed by atoms with Crippen LogP contribution in [0.4, 0.5) is 0 Å². The zero-order valence-electron chi connectivity index (χ0n) is 12.2. The van der Waals surface area contributed by atoms with Crippen molar-refractivity contribution in [2.45, 2.75) is 18.6 Å². The Morgan fingerprint density at radius 2 is 1.80 bits per heavy atom. The van der Waals surface area contributed by atoms with Crippen LogP contribution in [-0.2, 0) is 14.6 Å². The average Bonchev–Trinajstić information content (AvgIpc) is 2.37. The maximum Gasteiger partial charge on any atom is 0.187 e. The fraction of sp³-hybridized carbons (Fsp3) is 0.500. The Labute approximate surface area is 119 Å². The van der Waals surface area contributed by atoms with E-state index in [1.165, 1.54) is 13.8 Å². The maximum atomic E-state index is 12.5. The molecule has 1 aromatic rings. The van der Waals surface area contributed by atoms with Gasteiger partial charge in [-0.25, -0.2) is 8.42 Å². The molecule has 0 aromatic heterocycles. The van der Waals surface area contributed by atoms with Gasteiger partial charge in [0.25, 0.3) is 0 Å². The number of methoxy groups -OCH3 is 1. The van der Waals surface area contributed by atoms with Gasteiger partial charge in [0.15, 0.2) is 15.6 Å².